The Bertz CT molecular complexity index is 541. The Labute approximate surface area is 149 Å². The summed E-state index contributed by atoms with van der Waals surface area (Å²) in [5.41, 5.74) is 0. The molecule has 0 saturated carbocycles. The molecule has 0 aliphatic carbocycles. The van der Waals surface area contributed by atoms with E-state index in [4.69, 9.17) is 11.6 Å². The Hall–Kier alpha value is -1.07. The molecule has 0 aromatic carbocycles. The van der Waals surface area contributed by atoms with Crippen LogP contribution in [0.5, 0.6) is 0 Å². The smallest absolute Gasteiger partial charge is 0.227 e. The van der Waals surface area contributed by atoms with Crippen molar-refractivity contribution in [1.82, 2.24) is 19.6 Å². The van der Waals surface area contributed by atoms with E-state index in [0.717, 1.165) is 32.4 Å². The number of halogens is 1. The number of aromatic nitrogens is 2. The highest BCUT2D eigenvalue weighted by Crippen LogP contribution is 2.23. The van der Waals surface area contributed by atoms with Crippen molar-refractivity contribution in [3.63, 3.8) is 0 Å². The highest BCUT2D eigenvalue weighted by molar-refractivity contribution is 6.30. The van der Waals surface area contributed by atoms with Crippen LogP contribution in [0.2, 0.25) is 5.02 Å². The van der Waals surface area contributed by atoms with Crippen molar-refractivity contribution in [3.05, 3.63) is 17.4 Å². The summed E-state index contributed by atoms with van der Waals surface area (Å²) in [6.45, 7) is 7.12. The first-order valence-corrected chi connectivity index (χ1v) is 9.72. The summed E-state index contributed by atoms with van der Waals surface area (Å²) in [6.07, 6.45) is 10.7. The Balaban J connectivity index is 1.55. The minimum atomic E-state index is -0.0617. The number of likely N-dealkylation sites (tertiary alicyclic amines) is 2. The molecule has 5 nitrogen and oxygen atoms in total. The summed E-state index contributed by atoms with van der Waals surface area (Å²) in [6, 6.07) is 0.413. The first-order chi connectivity index (χ1) is 11.6. The number of nitrogens with zero attached hydrogens (tertiary/aromatic N) is 4. The van der Waals surface area contributed by atoms with E-state index in [-0.39, 0.29) is 11.8 Å². The standard InChI is InChI=1S/C18H29ClN4O/c1-15(13-22-14-16(19)12-20-22)18(24)23-10-3-2-6-17(23)7-11-21-8-4-5-9-21/h12,14-15,17H,2-11,13H2,1H3/t15-,17-/m0/s1. The van der Waals surface area contributed by atoms with Crippen LogP contribution in [0, 0.1) is 5.92 Å². The van der Waals surface area contributed by atoms with Crippen molar-refractivity contribution < 1.29 is 4.79 Å². The van der Waals surface area contributed by atoms with Gasteiger partial charge in [0.2, 0.25) is 5.91 Å². The molecule has 1 aromatic rings. The summed E-state index contributed by atoms with van der Waals surface area (Å²) < 4.78 is 1.77. The van der Waals surface area contributed by atoms with E-state index >= 15 is 0 Å². The molecule has 2 aliphatic heterocycles. The Morgan fingerprint density at radius 3 is 2.75 bits per heavy atom. The molecule has 1 amide bonds. The summed E-state index contributed by atoms with van der Waals surface area (Å²) in [4.78, 5) is 17.7. The number of hydrogen-bond donors (Lipinski definition) is 0. The quantitative estimate of drug-likeness (QED) is 0.790. The van der Waals surface area contributed by atoms with E-state index in [0.29, 0.717) is 17.6 Å². The number of rotatable bonds is 6. The molecule has 0 N–H and O–H groups in total. The fourth-order valence-corrected chi connectivity index (χ4v) is 4.16. The van der Waals surface area contributed by atoms with Crippen molar-refractivity contribution >= 4 is 17.5 Å². The molecule has 6 heteroatoms. The van der Waals surface area contributed by atoms with Gasteiger partial charge < -0.3 is 9.80 Å². The molecular formula is C18H29ClN4O. The van der Waals surface area contributed by atoms with Gasteiger partial charge in [-0.05, 0) is 51.6 Å². The second-order valence-electron chi connectivity index (χ2n) is 7.30. The normalized spacial score (nSPS) is 23.6. The topological polar surface area (TPSA) is 41.4 Å². The minimum Gasteiger partial charge on any atom is -0.339 e. The second kappa shape index (κ2) is 8.34. The van der Waals surface area contributed by atoms with E-state index in [1.807, 2.05) is 6.92 Å². The maximum Gasteiger partial charge on any atom is 0.227 e. The molecule has 134 valence electrons. The lowest BCUT2D eigenvalue weighted by Gasteiger charge is -2.38. The van der Waals surface area contributed by atoms with Crippen LogP contribution in [-0.4, -0.2) is 57.7 Å². The van der Waals surface area contributed by atoms with Crippen molar-refractivity contribution in [1.29, 1.82) is 0 Å². The molecule has 3 rings (SSSR count). The summed E-state index contributed by atoms with van der Waals surface area (Å²) in [5.74, 6) is 0.209. The number of piperidine rings is 1. The molecule has 0 spiro atoms. The van der Waals surface area contributed by atoms with Crippen LogP contribution in [-0.2, 0) is 11.3 Å². The Kier molecular flexibility index (Phi) is 6.17. The van der Waals surface area contributed by atoms with Crippen LogP contribution in [0.1, 0.15) is 45.4 Å². The fraction of sp³-hybridized carbons (Fsp3) is 0.778. The number of amides is 1. The van der Waals surface area contributed by atoms with Crippen molar-refractivity contribution in [2.45, 2.75) is 58.0 Å². The zero-order chi connectivity index (χ0) is 16.9. The predicted molar refractivity (Wildman–Crippen MR) is 96.0 cm³/mol. The number of hydrogen-bond acceptors (Lipinski definition) is 3. The van der Waals surface area contributed by atoms with Gasteiger partial charge in [0, 0.05) is 25.3 Å². The summed E-state index contributed by atoms with van der Waals surface area (Å²) in [7, 11) is 0. The SMILES string of the molecule is C[C@@H](Cn1cc(Cl)cn1)C(=O)N1CCCC[C@H]1CCN1CCCC1. The maximum atomic E-state index is 13.0. The zero-order valence-corrected chi connectivity index (χ0v) is 15.4. The van der Waals surface area contributed by atoms with Crippen LogP contribution in [0.3, 0.4) is 0 Å². The first-order valence-electron chi connectivity index (χ1n) is 9.34. The summed E-state index contributed by atoms with van der Waals surface area (Å²) in [5, 5.41) is 4.82. The van der Waals surface area contributed by atoms with E-state index in [1.54, 1.807) is 17.1 Å². The van der Waals surface area contributed by atoms with Crippen LogP contribution in [0.15, 0.2) is 12.4 Å². The largest absolute Gasteiger partial charge is 0.339 e. The highest BCUT2D eigenvalue weighted by Gasteiger charge is 2.30. The van der Waals surface area contributed by atoms with E-state index in [1.165, 1.54) is 32.4 Å². The third-order valence-corrected chi connectivity index (χ3v) is 5.57. The lowest BCUT2D eigenvalue weighted by atomic mass is 9.97. The minimum absolute atomic E-state index is 0.0617. The van der Waals surface area contributed by atoms with Gasteiger partial charge in [-0.1, -0.05) is 18.5 Å². The molecule has 2 atom stereocenters. The van der Waals surface area contributed by atoms with Crippen molar-refractivity contribution in [3.8, 4) is 0 Å². The van der Waals surface area contributed by atoms with Gasteiger partial charge in [-0.2, -0.15) is 5.10 Å². The molecule has 0 unspecified atom stereocenters. The maximum absolute atomic E-state index is 13.0. The van der Waals surface area contributed by atoms with Crippen LogP contribution in [0.4, 0.5) is 0 Å². The van der Waals surface area contributed by atoms with Gasteiger partial charge in [0.05, 0.1) is 23.7 Å². The number of carbonyl (C=O) groups is 1. The first kappa shape index (κ1) is 17.7. The lowest BCUT2D eigenvalue weighted by molar-refractivity contribution is -0.139. The zero-order valence-electron chi connectivity index (χ0n) is 14.7. The van der Waals surface area contributed by atoms with Gasteiger partial charge in [0.1, 0.15) is 0 Å². The third kappa shape index (κ3) is 4.51. The van der Waals surface area contributed by atoms with Crippen molar-refractivity contribution in [2.75, 3.05) is 26.2 Å². The van der Waals surface area contributed by atoms with Gasteiger partial charge in [0.15, 0.2) is 0 Å². The van der Waals surface area contributed by atoms with E-state index in [9.17, 15) is 4.79 Å². The molecule has 2 fully saturated rings. The van der Waals surface area contributed by atoms with Gasteiger partial charge in [-0.3, -0.25) is 9.48 Å². The van der Waals surface area contributed by atoms with Crippen LogP contribution < -0.4 is 0 Å². The monoisotopic (exact) mass is 352 g/mol. The van der Waals surface area contributed by atoms with Gasteiger partial charge in [-0.15, -0.1) is 0 Å². The summed E-state index contributed by atoms with van der Waals surface area (Å²) >= 11 is 5.92. The van der Waals surface area contributed by atoms with Gasteiger partial charge >= 0.3 is 0 Å². The van der Waals surface area contributed by atoms with Crippen LogP contribution in [0.25, 0.3) is 0 Å². The molecule has 1 aromatic heterocycles. The lowest BCUT2D eigenvalue weighted by Crippen LogP contribution is -2.47. The number of carbonyl (C=O) groups excluding carboxylic acids is 1. The van der Waals surface area contributed by atoms with E-state index < -0.39 is 0 Å². The van der Waals surface area contributed by atoms with Gasteiger partial charge in [-0.25, -0.2) is 0 Å². The average Bonchev–Trinajstić information content (AvgIpc) is 3.24. The Morgan fingerprint density at radius 2 is 2.04 bits per heavy atom. The molecule has 0 radical (unpaired) electrons. The third-order valence-electron chi connectivity index (χ3n) is 5.37. The highest BCUT2D eigenvalue weighted by atomic mass is 35.5. The second-order valence-corrected chi connectivity index (χ2v) is 7.74. The molecule has 24 heavy (non-hydrogen) atoms. The van der Waals surface area contributed by atoms with Crippen LogP contribution >= 0.6 is 11.6 Å². The molecular weight excluding hydrogens is 324 g/mol. The molecule has 2 aliphatic rings. The Morgan fingerprint density at radius 1 is 1.29 bits per heavy atom. The van der Waals surface area contributed by atoms with Gasteiger partial charge in [0.25, 0.3) is 0 Å². The molecule has 3 heterocycles. The fourth-order valence-electron chi connectivity index (χ4n) is 4.01. The molecule has 2 saturated heterocycles. The molecule has 0 bridgehead atoms. The van der Waals surface area contributed by atoms with Crippen molar-refractivity contribution in [2.24, 2.45) is 5.92 Å². The van der Waals surface area contributed by atoms with E-state index in [2.05, 4.69) is 14.9 Å². The predicted octanol–water partition coefficient (Wildman–Crippen LogP) is 3.04. The average molecular weight is 353 g/mol.